The molecule has 0 spiro atoms. The molecule has 0 aliphatic carbocycles. The highest BCUT2D eigenvalue weighted by Crippen LogP contribution is 2.36. The van der Waals surface area contributed by atoms with Crippen molar-refractivity contribution in [2.75, 3.05) is 13.7 Å². The van der Waals surface area contributed by atoms with Crippen LogP contribution in [0.15, 0.2) is 24.8 Å². The molecule has 0 unspecified atom stereocenters. The molecule has 0 aliphatic heterocycles. The average Bonchev–Trinajstić information content (AvgIpc) is 2.91. The van der Waals surface area contributed by atoms with E-state index in [1.54, 1.807) is 13.2 Å². The van der Waals surface area contributed by atoms with Crippen LogP contribution in [-0.2, 0) is 13.1 Å². The number of nitrogens with one attached hydrogen (secondary N) is 1. The number of hydrogen-bond acceptors (Lipinski definition) is 4. The Morgan fingerprint density at radius 2 is 2.12 bits per heavy atom. The zero-order valence-corrected chi connectivity index (χ0v) is 17.0. The molecule has 0 aliphatic rings. The molecule has 1 aromatic heterocycles. The van der Waals surface area contributed by atoms with E-state index >= 15 is 0 Å². The van der Waals surface area contributed by atoms with E-state index in [4.69, 9.17) is 21.1 Å². The van der Waals surface area contributed by atoms with Crippen LogP contribution in [-0.4, -0.2) is 23.5 Å². The van der Waals surface area contributed by atoms with E-state index in [2.05, 4.69) is 44.7 Å². The number of hydrogen-bond donors (Lipinski definition) is 1. The lowest BCUT2D eigenvalue weighted by Gasteiger charge is -2.17. The predicted molar refractivity (Wildman–Crippen MR) is 106 cm³/mol. The number of benzene rings is 1. The highest BCUT2D eigenvalue weighted by atomic mass is 35.5. The number of methoxy groups -OCH3 is 1. The van der Waals surface area contributed by atoms with Gasteiger partial charge in [0.2, 0.25) is 0 Å². The zero-order valence-electron chi connectivity index (χ0n) is 16.2. The molecule has 26 heavy (non-hydrogen) atoms. The Morgan fingerprint density at radius 1 is 1.38 bits per heavy atom. The Labute approximate surface area is 161 Å². The number of halogens is 1. The van der Waals surface area contributed by atoms with Crippen LogP contribution < -0.4 is 14.8 Å². The van der Waals surface area contributed by atoms with Gasteiger partial charge < -0.3 is 14.8 Å². The maximum atomic E-state index is 6.37. The fourth-order valence-corrected chi connectivity index (χ4v) is 3.46. The van der Waals surface area contributed by atoms with Gasteiger partial charge in [-0.2, -0.15) is 5.10 Å². The minimum Gasteiger partial charge on any atom is -0.493 e. The average molecular weight is 378 g/mol. The summed E-state index contributed by atoms with van der Waals surface area (Å²) in [6.45, 7) is 14.0. The second-order valence-electron chi connectivity index (χ2n) is 6.21. The molecule has 5 nitrogen and oxygen atoms in total. The second kappa shape index (κ2) is 9.10. The second-order valence-corrected chi connectivity index (χ2v) is 6.62. The van der Waals surface area contributed by atoms with E-state index in [0.717, 1.165) is 17.8 Å². The van der Waals surface area contributed by atoms with Gasteiger partial charge in [0.15, 0.2) is 11.5 Å². The number of ether oxygens (including phenoxy) is 2. The molecule has 1 heterocycles. The van der Waals surface area contributed by atoms with Crippen molar-refractivity contribution < 1.29 is 9.47 Å². The predicted octanol–water partition coefficient (Wildman–Crippen LogP) is 4.60. The molecule has 0 bridgehead atoms. The van der Waals surface area contributed by atoms with Gasteiger partial charge in [-0.25, -0.2) is 0 Å². The fraction of sp³-hybridized carbons (Fsp3) is 0.450. The van der Waals surface area contributed by atoms with Crippen molar-refractivity contribution in [3.63, 3.8) is 0 Å². The molecular formula is C20H28ClN3O2. The number of aromatic nitrogens is 2. The first-order valence-corrected chi connectivity index (χ1v) is 9.18. The van der Waals surface area contributed by atoms with Crippen molar-refractivity contribution in [1.29, 1.82) is 0 Å². The van der Waals surface area contributed by atoms with Crippen molar-refractivity contribution in [3.05, 3.63) is 52.3 Å². The summed E-state index contributed by atoms with van der Waals surface area (Å²) in [7, 11) is 1.61. The Hall–Kier alpha value is -1.98. The van der Waals surface area contributed by atoms with E-state index in [1.165, 1.54) is 11.3 Å². The maximum absolute atomic E-state index is 6.37. The fourth-order valence-electron chi connectivity index (χ4n) is 3.18. The molecule has 1 aromatic carbocycles. The Bertz CT molecular complexity index is 771. The molecule has 0 saturated carbocycles. The van der Waals surface area contributed by atoms with Gasteiger partial charge in [0, 0.05) is 30.4 Å². The molecule has 142 valence electrons. The topological polar surface area (TPSA) is 48.3 Å². The molecule has 0 amide bonds. The first-order chi connectivity index (χ1) is 12.4. The van der Waals surface area contributed by atoms with E-state index in [0.29, 0.717) is 29.7 Å². The van der Waals surface area contributed by atoms with Crippen molar-refractivity contribution in [2.45, 2.75) is 46.8 Å². The van der Waals surface area contributed by atoms with Crippen molar-refractivity contribution in [2.24, 2.45) is 0 Å². The van der Waals surface area contributed by atoms with Crippen molar-refractivity contribution >= 4 is 11.6 Å². The van der Waals surface area contributed by atoms with Crippen LogP contribution in [0, 0.1) is 13.8 Å². The summed E-state index contributed by atoms with van der Waals surface area (Å²) in [4.78, 5) is 0. The summed E-state index contributed by atoms with van der Waals surface area (Å²) >= 11 is 6.37. The molecule has 2 rings (SSSR count). The molecule has 1 N–H and O–H groups in total. The number of aryl methyl sites for hydroxylation is 2. The van der Waals surface area contributed by atoms with E-state index in [9.17, 15) is 0 Å². The monoisotopic (exact) mass is 377 g/mol. The molecule has 0 radical (unpaired) electrons. The van der Waals surface area contributed by atoms with Crippen LogP contribution in [0.3, 0.4) is 0 Å². The van der Waals surface area contributed by atoms with Crippen LogP contribution in [0.25, 0.3) is 0 Å². The van der Waals surface area contributed by atoms with E-state index in [1.807, 2.05) is 16.8 Å². The van der Waals surface area contributed by atoms with Gasteiger partial charge in [0.25, 0.3) is 0 Å². The van der Waals surface area contributed by atoms with Crippen LogP contribution >= 0.6 is 11.6 Å². The third-order valence-corrected chi connectivity index (χ3v) is 4.70. The summed E-state index contributed by atoms with van der Waals surface area (Å²) in [6, 6.07) is 4.02. The van der Waals surface area contributed by atoms with Crippen LogP contribution in [0.2, 0.25) is 5.02 Å². The summed E-state index contributed by atoms with van der Waals surface area (Å²) < 4.78 is 13.1. The highest BCUT2D eigenvalue weighted by Gasteiger charge is 2.17. The van der Waals surface area contributed by atoms with Crippen molar-refractivity contribution in [3.8, 4) is 11.5 Å². The molecular weight excluding hydrogens is 350 g/mol. The van der Waals surface area contributed by atoms with Crippen LogP contribution in [0.5, 0.6) is 11.5 Å². The number of nitrogens with zero attached hydrogens (tertiary/aromatic N) is 2. The quantitative estimate of drug-likeness (QED) is 0.649. The lowest BCUT2D eigenvalue weighted by atomic mass is 10.1. The maximum Gasteiger partial charge on any atom is 0.180 e. The zero-order chi connectivity index (χ0) is 19.3. The molecule has 0 saturated heterocycles. The molecule has 0 fully saturated rings. The van der Waals surface area contributed by atoms with E-state index < -0.39 is 0 Å². The van der Waals surface area contributed by atoms with Gasteiger partial charge >= 0.3 is 0 Å². The first kappa shape index (κ1) is 20.3. The van der Waals surface area contributed by atoms with Gasteiger partial charge in [0.1, 0.15) is 6.61 Å². The minimum atomic E-state index is 0.178. The number of rotatable bonds is 9. The van der Waals surface area contributed by atoms with Crippen LogP contribution in [0.1, 0.15) is 42.4 Å². The first-order valence-electron chi connectivity index (χ1n) is 8.80. The Balaban J connectivity index is 2.15. The Kier molecular flexibility index (Phi) is 7.12. The normalized spacial score (nSPS) is 12.1. The standard InChI is InChI=1S/C20H28ClN3O2/c1-7-9-26-20-17(21)10-16(11-18(20)25-6)12-22-13(3)19-14(4)23-24(8-2)15(19)5/h7,10-11,13,22H,1,8-9,12H2,2-6H3/t13-/m0/s1. The summed E-state index contributed by atoms with van der Waals surface area (Å²) in [5.41, 5.74) is 4.54. The van der Waals surface area contributed by atoms with Crippen LogP contribution in [0.4, 0.5) is 0 Å². The van der Waals surface area contributed by atoms with Gasteiger partial charge in [0.05, 0.1) is 17.8 Å². The minimum absolute atomic E-state index is 0.178. The molecule has 1 atom stereocenters. The van der Waals surface area contributed by atoms with Crippen molar-refractivity contribution in [1.82, 2.24) is 15.1 Å². The lowest BCUT2D eigenvalue weighted by Crippen LogP contribution is -2.19. The van der Waals surface area contributed by atoms with Gasteiger partial charge in [-0.05, 0) is 45.4 Å². The lowest BCUT2D eigenvalue weighted by molar-refractivity contribution is 0.326. The summed E-state index contributed by atoms with van der Waals surface area (Å²) in [5, 5.41) is 8.68. The smallest absolute Gasteiger partial charge is 0.180 e. The molecule has 2 aromatic rings. The van der Waals surface area contributed by atoms with Gasteiger partial charge in [-0.1, -0.05) is 24.3 Å². The largest absolute Gasteiger partial charge is 0.493 e. The summed E-state index contributed by atoms with van der Waals surface area (Å²) in [5.74, 6) is 1.16. The molecule has 6 heteroatoms. The highest BCUT2D eigenvalue weighted by molar-refractivity contribution is 6.32. The van der Waals surface area contributed by atoms with Gasteiger partial charge in [-0.15, -0.1) is 0 Å². The van der Waals surface area contributed by atoms with Gasteiger partial charge in [-0.3, -0.25) is 4.68 Å². The third-order valence-electron chi connectivity index (χ3n) is 4.42. The Morgan fingerprint density at radius 3 is 2.69 bits per heavy atom. The summed E-state index contributed by atoms with van der Waals surface area (Å²) in [6.07, 6.45) is 1.67. The third kappa shape index (κ3) is 4.40. The SMILES string of the molecule is C=CCOc1c(Cl)cc(CN[C@@H](C)c2c(C)nn(CC)c2C)cc1OC. The van der Waals surface area contributed by atoms with E-state index in [-0.39, 0.29) is 6.04 Å².